The zero-order valence-corrected chi connectivity index (χ0v) is 16.2. The van der Waals surface area contributed by atoms with E-state index in [1.807, 2.05) is 25.7 Å². The van der Waals surface area contributed by atoms with Crippen molar-refractivity contribution in [2.75, 3.05) is 46.9 Å². The van der Waals surface area contributed by atoms with Crippen LogP contribution in [0.25, 0.3) is 0 Å². The molecule has 1 saturated heterocycles. The summed E-state index contributed by atoms with van der Waals surface area (Å²) in [5, 5.41) is 0. The average molecular weight is 364 g/mol. The number of ether oxygens (including phenoxy) is 3. The van der Waals surface area contributed by atoms with Gasteiger partial charge in [0.15, 0.2) is 17.3 Å². The van der Waals surface area contributed by atoms with Crippen LogP contribution >= 0.6 is 0 Å². The number of ketones is 1. The van der Waals surface area contributed by atoms with Crippen LogP contribution in [0.1, 0.15) is 31.1 Å². The first-order valence-electron chi connectivity index (χ1n) is 8.69. The normalized spacial score (nSPS) is 15.5. The van der Waals surface area contributed by atoms with Gasteiger partial charge in [0, 0.05) is 31.7 Å². The summed E-state index contributed by atoms with van der Waals surface area (Å²) >= 11 is 0. The molecule has 2 rings (SSSR count). The van der Waals surface area contributed by atoms with Gasteiger partial charge in [0.25, 0.3) is 0 Å². The van der Waals surface area contributed by atoms with Crippen molar-refractivity contribution in [1.29, 1.82) is 0 Å². The summed E-state index contributed by atoms with van der Waals surface area (Å²) in [4.78, 5) is 28.4. The summed E-state index contributed by atoms with van der Waals surface area (Å²) in [6.45, 7) is 8.23. The lowest BCUT2D eigenvalue weighted by Crippen LogP contribution is -2.51. The first-order chi connectivity index (χ1) is 12.2. The molecular weight excluding hydrogens is 336 g/mol. The Morgan fingerprint density at radius 1 is 1.00 bits per heavy atom. The zero-order chi connectivity index (χ0) is 19.3. The summed E-state index contributed by atoms with van der Waals surface area (Å²) in [6.07, 6.45) is -0.302. The molecule has 7 heteroatoms. The fraction of sp³-hybridized carbons (Fsp3) is 0.579. The second-order valence-electron chi connectivity index (χ2n) is 7.24. The van der Waals surface area contributed by atoms with E-state index in [4.69, 9.17) is 14.2 Å². The molecule has 0 saturated carbocycles. The largest absolute Gasteiger partial charge is 0.493 e. The molecule has 0 spiro atoms. The van der Waals surface area contributed by atoms with Crippen LogP contribution in [0.15, 0.2) is 18.2 Å². The van der Waals surface area contributed by atoms with Crippen molar-refractivity contribution >= 4 is 11.9 Å². The molecule has 1 amide bonds. The number of rotatable bonds is 5. The number of nitrogens with zero attached hydrogens (tertiary/aromatic N) is 2. The fourth-order valence-corrected chi connectivity index (χ4v) is 2.72. The number of benzene rings is 1. The van der Waals surface area contributed by atoms with Crippen LogP contribution < -0.4 is 9.47 Å². The van der Waals surface area contributed by atoms with Gasteiger partial charge in [-0.15, -0.1) is 0 Å². The SMILES string of the molecule is COc1ccc(C(=O)CN2CCN(C(=O)OC(C)(C)C)CC2)cc1OC. The van der Waals surface area contributed by atoms with E-state index in [0.29, 0.717) is 49.8 Å². The maximum atomic E-state index is 12.5. The number of methoxy groups -OCH3 is 2. The molecule has 1 fully saturated rings. The summed E-state index contributed by atoms with van der Waals surface area (Å²) < 4.78 is 15.8. The first-order valence-corrected chi connectivity index (χ1v) is 8.69. The average Bonchev–Trinajstić information content (AvgIpc) is 2.60. The highest BCUT2D eigenvalue weighted by Gasteiger charge is 2.26. The van der Waals surface area contributed by atoms with Crippen molar-refractivity contribution in [3.63, 3.8) is 0 Å². The van der Waals surface area contributed by atoms with Crippen LogP contribution in [0, 0.1) is 0 Å². The highest BCUT2D eigenvalue weighted by atomic mass is 16.6. The number of Topliss-reactive ketones (excluding diaryl/α,β-unsaturated/α-hetero) is 1. The molecular formula is C19H28N2O5. The Hall–Kier alpha value is -2.28. The Morgan fingerprint density at radius 2 is 1.62 bits per heavy atom. The number of carbonyl (C=O) groups excluding carboxylic acids is 2. The standard InChI is InChI=1S/C19H28N2O5/c1-19(2,3)26-18(23)21-10-8-20(9-11-21)13-15(22)14-6-7-16(24-4)17(12-14)25-5/h6-7,12H,8-11,13H2,1-5H3. The van der Waals surface area contributed by atoms with Crippen molar-refractivity contribution in [2.45, 2.75) is 26.4 Å². The highest BCUT2D eigenvalue weighted by molar-refractivity contribution is 5.98. The molecule has 1 aliphatic heterocycles. The van der Waals surface area contributed by atoms with Gasteiger partial charge in [-0.2, -0.15) is 0 Å². The Balaban J connectivity index is 1.89. The molecule has 1 aromatic rings. The molecule has 0 aliphatic carbocycles. The summed E-state index contributed by atoms with van der Waals surface area (Å²) in [5.41, 5.74) is 0.0784. The van der Waals surface area contributed by atoms with Crippen LogP contribution in [-0.2, 0) is 4.74 Å². The van der Waals surface area contributed by atoms with Crippen molar-refractivity contribution in [3.05, 3.63) is 23.8 Å². The number of piperazine rings is 1. The lowest BCUT2D eigenvalue weighted by molar-refractivity contribution is 0.0149. The lowest BCUT2D eigenvalue weighted by atomic mass is 10.1. The van der Waals surface area contributed by atoms with Gasteiger partial charge in [-0.1, -0.05) is 0 Å². The van der Waals surface area contributed by atoms with Crippen LogP contribution in [0.2, 0.25) is 0 Å². The quantitative estimate of drug-likeness (QED) is 0.748. The molecule has 0 unspecified atom stereocenters. The van der Waals surface area contributed by atoms with E-state index in [0.717, 1.165) is 0 Å². The maximum Gasteiger partial charge on any atom is 0.410 e. The summed E-state index contributed by atoms with van der Waals surface area (Å²) in [7, 11) is 3.10. The summed E-state index contributed by atoms with van der Waals surface area (Å²) in [5.74, 6) is 1.14. The van der Waals surface area contributed by atoms with Gasteiger partial charge in [0.05, 0.1) is 20.8 Å². The molecule has 1 heterocycles. The van der Waals surface area contributed by atoms with E-state index in [1.165, 1.54) is 0 Å². The van der Waals surface area contributed by atoms with Gasteiger partial charge in [0.1, 0.15) is 5.60 Å². The van der Waals surface area contributed by atoms with Crippen LogP contribution in [-0.4, -0.2) is 74.2 Å². The second-order valence-corrected chi connectivity index (χ2v) is 7.24. The van der Waals surface area contributed by atoms with Crippen molar-refractivity contribution in [3.8, 4) is 11.5 Å². The highest BCUT2D eigenvalue weighted by Crippen LogP contribution is 2.27. The summed E-state index contributed by atoms with van der Waals surface area (Å²) in [6, 6.07) is 5.16. The van der Waals surface area contributed by atoms with Gasteiger partial charge in [-0.05, 0) is 39.0 Å². The van der Waals surface area contributed by atoms with Crippen LogP contribution in [0.4, 0.5) is 4.79 Å². The third-order valence-corrected chi connectivity index (χ3v) is 4.10. The van der Waals surface area contributed by atoms with E-state index < -0.39 is 5.60 Å². The molecule has 0 radical (unpaired) electrons. The Morgan fingerprint density at radius 3 is 2.15 bits per heavy atom. The number of carbonyl (C=O) groups is 2. The van der Waals surface area contributed by atoms with Crippen LogP contribution in [0.3, 0.4) is 0 Å². The van der Waals surface area contributed by atoms with Crippen molar-refractivity contribution < 1.29 is 23.8 Å². The predicted molar refractivity (Wildman–Crippen MR) is 98.1 cm³/mol. The number of amides is 1. The van der Waals surface area contributed by atoms with E-state index in [-0.39, 0.29) is 11.9 Å². The molecule has 0 bridgehead atoms. The smallest absolute Gasteiger partial charge is 0.410 e. The van der Waals surface area contributed by atoms with E-state index >= 15 is 0 Å². The Bertz CT molecular complexity index is 646. The monoisotopic (exact) mass is 364 g/mol. The maximum absolute atomic E-state index is 12.5. The minimum atomic E-state index is -0.502. The second kappa shape index (κ2) is 8.40. The van der Waals surface area contributed by atoms with E-state index in [1.54, 1.807) is 37.3 Å². The molecule has 26 heavy (non-hydrogen) atoms. The van der Waals surface area contributed by atoms with E-state index in [9.17, 15) is 9.59 Å². The zero-order valence-electron chi connectivity index (χ0n) is 16.2. The van der Waals surface area contributed by atoms with Gasteiger partial charge in [-0.25, -0.2) is 4.79 Å². The van der Waals surface area contributed by atoms with Gasteiger partial charge in [0.2, 0.25) is 0 Å². The molecule has 0 atom stereocenters. The number of hydrogen-bond acceptors (Lipinski definition) is 6. The third kappa shape index (κ3) is 5.36. The topological polar surface area (TPSA) is 68.3 Å². The minimum Gasteiger partial charge on any atom is -0.493 e. The first kappa shape index (κ1) is 20.0. The van der Waals surface area contributed by atoms with Gasteiger partial charge >= 0.3 is 6.09 Å². The Labute approximate surface area is 154 Å². The molecule has 0 N–H and O–H groups in total. The van der Waals surface area contributed by atoms with Gasteiger partial charge in [-0.3, -0.25) is 9.69 Å². The molecule has 1 aromatic carbocycles. The minimum absolute atomic E-state index is 0.0108. The lowest BCUT2D eigenvalue weighted by Gasteiger charge is -2.35. The van der Waals surface area contributed by atoms with Crippen molar-refractivity contribution in [1.82, 2.24) is 9.80 Å². The Kier molecular flexibility index (Phi) is 6.47. The fourth-order valence-electron chi connectivity index (χ4n) is 2.72. The third-order valence-electron chi connectivity index (χ3n) is 4.10. The predicted octanol–water partition coefficient (Wildman–Crippen LogP) is 2.44. The van der Waals surface area contributed by atoms with E-state index in [2.05, 4.69) is 0 Å². The molecule has 144 valence electrons. The molecule has 7 nitrogen and oxygen atoms in total. The van der Waals surface area contributed by atoms with Crippen LogP contribution in [0.5, 0.6) is 11.5 Å². The molecule has 0 aromatic heterocycles. The molecule has 1 aliphatic rings. The number of hydrogen-bond donors (Lipinski definition) is 0. The van der Waals surface area contributed by atoms with Crippen molar-refractivity contribution in [2.24, 2.45) is 0 Å². The van der Waals surface area contributed by atoms with Gasteiger partial charge < -0.3 is 19.1 Å².